The van der Waals surface area contributed by atoms with E-state index in [1.807, 2.05) is 0 Å². The fourth-order valence-corrected chi connectivity index (χ4v) is 6.59. The number of hydrogen-bond donors (Lipinski definition) is 1. The van der Waals surface area contributed by atoms with E-state index in [1.165, 1.54) is 38.5 Å². The molecule has 0 aromatic rings. The molecule has 4 rings (SSSR count). The third-order valence-corrected chi connectivity index (χ3v) is 5.46. The van der Waals surface area contributed by atoms with Crippen molar-refractivity contribution < 1.29 is 0 Å². The van der Waals surface area contributed by atoms with Gasteiger partial charge in [-0.15, -0.1) is 0 Å². The zero-order valence-electron chi connectivity index (χ0n) is 10.1. The van der Waals surface area contributed by atoms with Crippen molar-refractivity contribution in [2.75, 3.05) is 0 Å². The Morgan fingerprint density at radius 3 is 1.33 bits per heavy atom. The Morgan fingerprint density at radius 2 is 1.07 bits per heavy atom. The zero-order chi connectivity index (χ0) is 10.9. The van der Waals surface area contributed by atoms with Gasteiger partial charge in [-0.25, -0.2) is 4.84 Å². The van der Waals surface area contributed by atoms with E-state index in [0.29, 0.717) is 16.2 Å². The molecule has 86 valence electrons. The van der Waals surface area contributed by atoms with Gasteiger partial charge in [-0.2, -0.15) is 0 Å². The summed E-state index contributed by atoms with van der Waals surface area (Å²) in [5.41, 5.74) is 1.87. The Hall–Kier alpha value is 0.250. The number of halogens is 1. The topological polar surface area (TPSA) is 12.0 Å². The molecule has 0 aromatic heterocycles. The van der Waals surface area contributed by atoms with Crippen LogP contribution in [-0.4, -0.2) is 5.54 Å². The summed E-state index contributed by atoms with van der Waals surface area (Å²) in [6.07, 6.45) is 8.10. The second-order valence-electron chi connectivity index (χ2n) is 7.87. The predicted octanol–water partition coefficient (Wildman–Crippen LogP) is 3.87. The zero-order valence-corrected chi connectivity index (χ0v) is 10.9. The van der Waals surface area contributed by atoms with Crippen molar-refractivity contribution in [1.82, 2.24) is 4.84 Å². The molecule has 0 radical (unpaired) electrons. The molecule has 0 aliphatic heterocycles. The van der Waals surface area contributed by atoms with Crippen molar-refractivity contribution >= 4 is 11.8 Å². The Morgan fingerprint density at radius 1 is 0.733 bits per heavy atom. The molecule has 2 heteroatoms. The van der Waals surface area contributed by atoms with Gasteiger partial charge in [0.25, 0.3) is 0 Å². The summed E-state index contributed by atoms with van der Waals surface area (Å²) in [4.78, 5) is 3.16. The smallest absolute Gasteiger partial charge is 0.0347 e. The van der Waals surface area contributed by atoms with E-state index in [0.717, 1.165) is 0 Å². The summed E-state index contributed by atoms with van der Waals surface area (Å²) in [7, 11) is 0. The van der Waals surface area contributed by atoms with Crippen molar-refractivity contribution in [2.24, 2.45) is 16.2 Å². The fraction of sp³-hybridized carbons (Fsp3) is 1.00. The summed E-state index contributed by atoms with van der Waals surface area (Å²) < 4.78 is 0. The number of nitrogens with one attached hydrogen (secondary N) is 1. The standard InChI is InChI=1S/C13H22ClN/c1-10-4-11(2)6-12(3,5-10)9-13(7-10,8-11)15-14/h15H,4-9H2,1-3H3. The van der Waals surface area contributed by atoms with Crippen LogP contribution in [0.2, 0.25) is 0 Å². The maximum absolute atomic E-state index is 6.06. The predicted molar refractivity (Wildman–Crippen MR) is 63.7 cm³/mol. The van der Waals surface area contributed by atoms with E-state index in [-0.39, 0.29) is 5.54 Å². The van der Waals surface area contributed by atoms with Gasteiger partial charge in [-0.05, 0) is 66.5 Å². The highest BCUT2D eigenvalue weighted by Gasteiger charge is 2.63. The van der Waals surface area contributed by atoms with Crippen molar-refractivity contribution in [1.29, 1.82) is 0 Å². The second kappa shape index (κ2) is 2.56. The van der Waals surface area contributed by atoms with Crippen LogP contribution < -0.4 is 4.84 Å². The lowest BCUT2D eigenvalue weighted by Crippen LogP contribution is -2.65. The minimum absolute atomic E-state index is 0.245. The normalized spacial score (nSPS) is 62.4. The van der Waals surface area contributed by atoms with E-state index in [9.17, 15) is 0 Å². The van der Waals surface area contributed by atoms with Crippen molar-refractivity contribution in [3.63, 3.8) is 0 Å². The third-order valence-electron chi connectivity index (χ3n) is 5.06. The van der Waals surface area contributed by atoms with Crippen LogP contribution >= 0.6 is 11.8 Å². The van der Waals surface area contributed by atoms with Crippen LogP contribution in [0.1, 0.15) is 59.3 Å². The van der Waals surface area contributed by atoms with Crippen molar-refractivity contribution in [3.8, 4) is 0 Å². The second-order valence-corrected chi connectivity index (χ2v) is 8.06. The summed E-state index contributed by atoms with van der Waals surface area (Å²) in [5.74, 6) is 0. The van der Waals surface area contributed by atoms with Crippen molar-refractivity contribution in [2.45, 2.75) is 64.8 Å². The molecule has 0 aromatic carbocycles. The first kappa shape index (κ1) is 10.4. The van der Waals surface area contributed by atoms with E-state index in [2.05, 4.69) is 25.6 Å². The first-order valence-corrected chi connectivity index (χ1v) is 6.56. The van der Waals surface area contributed by atoms with Crippen LogP contribution in [0.5, 0.6) is 0 Å². The molecule has 0 amide bonds. The van der Waals surface area contributed by atoms with Gasteiger partial charge in [-0.3, -0.25) is 0 Å². The summed E-state index contributed by atoms with van der Waals surface area (Å²) >= 11 is 6.06. The molecule has 1 N–H and O–H groups in total. The largest absolute Gasteiger partial charge is 0.227 e. The molecule has 4 fully saturated rings. The van der Waals surface area contributed by atoms with Crippen LogP contribution in [0.4, 0.5) is 0 Å². The monoisotopic (exact) mass is 227 g/mol. The molecule has 15 heavy (non-hydrogen) atoms. The van der Waals surface area contributed by atoms with Gasteiger partial charge in [0.2, 0.25) is 0 Å². The Balaban J connectivity index is 2.06. The lowest BCUT2D eigenvalue weighted by atomic mass is 9.39. The van der Waals surface area contributed by atoms with Crippen LogP contribution in [0.25, 0.3) is 0 Å². The van der Waals surface area contributed by atoms with E-state index in [1.54, 1.807) is 0 Å². The number of rotatable bonds is 1. The van der Waals surface area contributed by atoms with Crippen molar-refractivity contribution in [3.05, 3.63) is 0 Å². The van der Waals surface area contributed by atoms with E-state index >= 15 is 0 Å². The molecule has 0 saturated heterocycles. The average molecular weight is 228 g/mol. The van der Waals surface area contributed by atoms with Gasteiger partial charge in [-0.1, -0.05) is 20.8 Å². The fourth-order valence-electron chi connectivity index (χ4n) is 6.39. The van der Waals surface area contributed by atoms with Gasteiger partial charge < -0.3 is 0 Å². The molecule has 4 saturated carbocycles. The first-order chi connectivity index (χ1) is 6.80. The molecular weight excluding hydrogens is 206 g/mol. The number of hydrogen-bond acceptors (Lipinski definition) is 1. The Kier molecular flexibility index (Phi) is 1.78. The Labute approximate surface area is 98.1 Å². The van der Waals surface area contributed by atoms with Gasteiger partial charge in [0.15, 0.2) is 0 Å². The van der Waals surface area contributed by atoms with E-state index < -0.39 is 0 Å². The SMILES string of the molecule is CC12CC3(C)CC(C)(C1)CC(NCl)(C2)C3. The molecule has 0 atom stereocenters. The van der Waals surface area contributed by atoms with Gasteiger partial charge in [0, 0.05) is 5.54 Å². The lowest BCUT2D eigenvalue weighted by Gasteiger charge is -2.68. The molecular formula is C13H22ClN. The quantitative estimate of drug-likeness (QED) is 0.671. The summed E-state index contributed by atoms with van der Waals surface area (Å²) in [6.45, 7) is 7.43. The van der Waals surface area contributed by atoms with Crippen LogP contribution in [0.15, 0.2) is 0 Å². The minimum atomic E-state index is 0.245. The van der Waals surface area contributed by atoms with Crippen LogP contribution in [0, 0.1) is 16.2 Å². The van der Waals surface area contributed by atoms with Crippen LogP contribution in [-0.2, 0) is 0 Å². The van der Waals surface area contributed by atoms with Gasteiger partial charge >= 0.3 is 0 Å². The van der Waals surface area contributed by atoms with Crippen LogP contribution in [0.3, 0.4) is 0 Å². The highest BCUT2D eigenvalue weighted by molar-refractivity contribution is 6.13. The van der Waals surface area contributed by atoms with E-state index in [4.69, 9.17) is 11.8 Å². The van der Waals surface area contributed by atoms with Gasteiger partial charge in [0.1, 0.15) is 0 Å². The first-order valence-electron chi connectivity index (χ1n) is 6.18. The highest BCUT2D eigenvalue weighted by atomic mass is 35.5. The average Bonchev–Trinajstić information content (AvgIpc) is 1.94. The maximum atomic E-state index is 6.06. The molecule has 0 unspecified atom stereocenters. The maximum Gasteiger partial charge on any atom is 0.0347 e. The molecule has 4 aliphatic carbocycles. The summed E-state index contributed by atoms with van der Waals surface area (Å²) in [5, 5.41) is 0. The molecule has 4 aliphatic rings. The summed E-state index contributed by atoms with van der Waals surface area (Å²) in [6, 6.07) is 0. The Bertz CT molecular complexity index is 258. The molecule has 0 heterocycles. The molecule has 0 spiro atoms. The molecule has 4 bridgehead atoms. The molecule has 1 nitrogen and oxygen atoms in total. The lowest BCUT2D eigenvalue weighted by molar-refractivity contribution is -0.152. The minimum Gasteiger partial charge on any atom is -0.227 e. The van der Waals surface area contributed by atoms with Gasteiger partial charge in [0.05, 0.1) is 0 Å². The highest BCUT2D eigenvalue weighted by Crippen LogP contribution is 2.70. The third kappa shape index (κ3) is 1.39.